The third kappa shape index (κ3) is 5.39. The maximum Gasteiger partial charge on any atom is 0.119 e. The predicted molar refractivity (Wildman–Crippen MR) is 119 cm³/mol. The van der Waals surface area contributed by atoms with Crippen molar-refractivity contribution >= 4 is 15.9 Å². The quantitative estimate of drug-likeness (QED) is 0.548. The van der Waals surface area contributed by atoms with Gasteiger partial charge in [0.15, 0.2) is 0 Å². The van der Waals surface area contributed by atoms with Gasteiger partial charge >= 0.3 is 0 Å². The highest BCUT2D eigenvalue weighted by Gasteiger charge is 2.25. The Kier molecular flexibility index (Phi) is 6.88. The molecule has 1 unspecified atom stereocenters. The summed E-state index contributed by atoms with van der Waals surface area (Å²) in [6.45, 7) is 5.45. The zero-order valence-corrected chi connectivity index (χ0v) is 18.7. The summed E-state index contributed by atoms with van der Waals surface area (Å²) >= 11 is 3.53. The van der Waals surface area contributed by atoms with Gasteiger partial charge in [-0.05, 0) is 67.3 Å². The molecule has 1 saturated heterocycles. The molecule has 2 aromatic carbocycles. The van der Waals surface area contributed by atoms with Crippen LogP contribution in [0.25, 0.3) is 0 Å². The number of likely N-dealkylation sites (tertiary alicyclic amines) is 1. The molecule has 1 fully saturated rings. The first kappa shape index (κ1) is 20.8. The number of nitrogens with zero attached hydrogens (tertiary/aromatic N) is 2. The molecular formula is C24H30BrFN2O. The van der Waals surface area contributed by atoms with E-state index in [0.717, 1.165) is 49.4 Å². The van der Waals surface area contributed by atoms with Crippen molar-refractivity contribution < 1.29 is 9.13 Å². The fraction of sp³-hybridized carbons (Fsp3) is 0.500. The van der Waals surface area contributed by atoms with Crippen molar-refractivity contribution in [3.63, 3.8) is 0 Å². The van der Waals surface area contributed by atoms with E-state index >= 15 is 0 Å². The Balaban J connectivity index is 1.36. The van der Waals surface area contributed by atoms with Gasteiger partial charge in [-0.15, -0.1) is 0 Å². The molecule has 2 heterocycles. The number of fused-ring (bicyclic) bond motifs is 1. The molecule has 2 aliphatic heterocycles. The smallest absolute Gasteiger partial charge is 0.119 e. The summed E-state index contributed by atoms with van der Waals surface area (Å²) in [4.78, 5) is 4.73. The minimum absolute atomic E-state index is 0.393. The average molecular weight is 461 g/mol. The van der Waals surface area contributed by atoms with Crippen molar-refractivity contribution in [3.8, 4) is 5.75 Å². The van der Waals surface area contributed by atoms with Crippen LogP contribution < -0.4 is 4.74 Å². The maximum absolute atomic E-state index is 13.2. The Morgan fingerprint density at radius 2 is 1.86 bits per heavy atom. The molecule has 2 aromatic rings. The van der Waals surface area contributed by atoms with Crippen molar-refractivity contribution in [2.24, 2.45) is 0 Å². The maximum atomic E-state index is 13.2. The van der Waals surface area contributed by atoms with E-state index < -0.39 is 6.17 Å². The standard InChI is InChI=1S/C24H30BrFN2O/c1-27-16-19-15-22(29-14-2-11-28-12-9-21(26)10-13-28)7-8-23(19)24(17-27)18-3-5-20(25)6-4-18/h3-8,15,21,24H,2,9-14,16-17H2,1H3. The van der Waals surface area contributed by atoms with E-state index in [1.54, 1.807) is 0 Å². The average Bonchev–Trinajstić information content (AvgIpc) is 2.72. The first-order valence-corrected chi connectivity index (χ1v) is 11.4. The second-order valence-corrected chi connectivity index (χ2v) is 9.30. The summed E-state index contributed by atoms with van der Waals surface area (Å²) in [5.41, 5.74) is 4.12. The first-order chi connectivity index (χ1) is 14.1. The van der Waals surface area contributed by atoms with E-state index in [0.29, 0.717) is 25.4 Å². The summed E-state index contributed by atoms with van der Waals surface area (Å²) in [6, 6.07) is 15.3. The highest BCUT2D eigenvalue weighted by Crippen LogP contribution is 2.35. The van der Waals surface area contributed by atoms with Gasteiger partial charge < -0.3 is 14.5 Å². The van der Waals surface area contributed by atoms with Gasteiger partial charge in [-0.1, -0.05) is 34.1 Å². The minimum Gasteiger partial charge on any atom is -0.494 e. The number of benzene rings is 2. The molecule has 156 valence electrons. The number of ether oxygens (including phenoxy) is 1. The van der Waals surface area contributed by atoms with E-state index in [9.17, 15) is 4.39 Å². The summed E-state index contributed by atoms with van der Waals surface area (Å²) in [7, 11) is 2.18. The van der Waals surface area contributed by atoms with Gasteiger partial charge in [-0.3, -0.25) is 0 Å². The van der Waals surface area contributed by atoms with Crippen molar-refractivity contribution in [3.05, 3.63) is 63.6 Å². The van der Waals surface area contributed by atoms with Crippen molar-refractivity contribution in [2.75, 3.05) is 39.8 Å². The van der Waals surface area contributed by atoms with E-state index in [2.05, 4.69) is 75.2 Å². The van der Waals surface area contributed by atoms with Crippen LogP contribution in [0.4, 0.5) is 4.39 Å². The molecule has 0 amide bonds. The molecule has 0 aliphatic carbocycles. The second-order valence-electron chi connectivity index (χ2n) is 8.38. The minimum atomic E-state index is -0.600. The van der Waals surface area contributed by atoms with Gasteiger partial charge in [-0.25, -0.2) is 4.39 Å². The molecule has 5 heteroatoms. The third-order valence-corrected chi connectivity index (χ3v) is 6.63. The molecule has 0 radical (unpaired) electrons. The van der Waals surface area contributed by atoms with E-state index in [4.69, 9.17) is 4.74 Å². The lowest BCUT2D eigenvalue weighted by Crippen LogP contribution is -2.35. The van der Waals surface area contributed by atoms with Crippen LogP contribution in [-0.2, 0) is 6.54 Å². The lowest BCUT2D eigenvalue weighted by Gasteiger charge is -2.33. The Bertz CT molecular complexity index is 805. The highest BCUT2D eigenvalue weighted by molar-refractivity contribution is 9.10. The SMILES string of the molecule is CN1Cc2cc(OCCCN3CCC(F)CC3)ccc2C(c2ccc(Br)cc2)C1. The Morgan fingerprint density at radius 3 is 2.62 bits per heavy atom. The largest absolute Gasteiger partial charge is 0.494 e. The van der Waals surface area contributed by atoms with Crippen LogP contribution in [0.5, 0.6) is 5.75 Å². The normalized spacial score (nSPS) is 21.1. The highest BCUT2D eigenvalue weighted by atomic mass is 79.9. The molecule has 4 rings (SSSR count). The van der Waals surface area contributed by atoms with E-state index in [-0.39, 0.29) is 0 Å². The Morgan fingerprint density at radius 1 is 1.10 bits per heavy atom. The topological polar surface area (TPSA) is 15.7 Å². The fourth-order valence-corrected chi connectivity index (χ4v) is 4.76. The zero-order chi connectivity index (χ0) is 20.2. The van der Waals surface area contributed by atoms with Gasteiger partial charge in [0.1, 0.15) is 11.9 Å². The first-order valence-electron chi connectivity index (χ1n) is 10.6. The molecule has 0 aromatic heterocycles. The summed E-state index contributed by atoms with van der Waals surface area (Å²) < 4.78 is 20.4. The molecule has 0 saturated carbocycles. The van der Waals surface area contributed by atoms with E-state index in [1.165, 1.54) is 16.7 Å². The molecule has 0 spiro atoms. The van der Waals surface area contributed by atoms with Crippen LogP contribution in [-0.4, -0.2) is 55.8 Å². The van der Waals surface area contributed by atoms with Crippen LogP contribution in [0, 0.1) is 0 Å². The van der Waals surface area contributed by atoms with Crippen molar-refractivity contribution in [1.82, 2.24) is 9.80 Å². The van der Waals surface area contributed by atoms with Gasteiger partial charge in [-0.2, -0.15) is 0 Å². The van der Waals surface area contributed by atoms with Crippen LogP contribution in [0.15, 0.2) is 46.9 Å². The van der Waals surface area contributed by atoms with Crippen LogP contribution >= 0.6 is 15.9 Å². The van der Waals surface area contributed by atoms with Crippen LogP contribution in [0.2, 0.25) is 0 Å². The number of halogens is 2. The predicted octanol–water partition coefficient (Wildman–Crippen LogP) is 5.23. The van der Waals surface area contributed by atoms with Gasteiger partial charge in [0.05, 0.1) is 6.61 Å². The second kappa shape index (κ2) is 9.59. The number of hydrogen-bond acceptors (Lipinski definition) is 3. The molecule has 0 bridgehead atoms. The fourth-order valence-electron chi connectivity index (χ4n) is 4.50. The van der Waals surface area contributed by atoms with Gasteiger partial charge in [0.2, 0.25) is 0 Å². The number of alkyl halides is 1. The van der Waals surface area contributed by atoms with Gasteiger partial charge in [0, 0.05) is 43.1 Å². The number of piperidine rings is 1. The van der Waals surface area contributed by atoms with Crippen LogP contribution in [0.3, 0.4) is 0 Å². The lowest BCUT2D eigenvalue weighted by molar-refractivity contribution is 0.143. The molecule has 29 heavy (non-hydrogen) atoms. The third-order valence-electron chi connectivity index (χ3n) is 6.10. The molecular weight excluding hydrogens is 431 g/mol. The lowest BCUT2D eigenvalue weighted by atomic mass is 9.85. The molecule has 3 nitrogen and oxygen atoms in total. The van der Waals surface area contributed by atoms with Gasteiger partial charge in [0.25, 0.3) is 0 Å². The molecule has 2 aliphatic rings. The number of rotatable bonds is 6. The Labute approximate surface area is 182 Å². The number of hydrogen-bond donors (Lipinski definition) is 0. The zero-order valence-electron chi connectivity index (χ0n) is 17.1. The van der Waals surface area contributed by atoms with Crippen molar-refractivity contribution in [1.29, 1.82) is 0 Å². The summed E-state index contributed by atoms with van der Waals surface area (Å²) in [5, 5.41) is 0. The number of likely N-dealkylation sites (N-methyl/N-ethyl adjacent to an activating group) is 1. The summed E-state index contributed by atoms with van der Waals surface area (Å²) in [5.74, 6) is 1.35. The van der Waals surface area contributed by atoms with E-state index in [1.807, 2.05) is 0 Å². The monoisotopic (exact) mass is 460 g/mol. The van der Waals surface area contributed by atoms with Crippen molar-refractivity contribution in [2.45, 2.75) is 37.9 Å². The molecule has 0 N–H and O–H groups in total. The molecule has 1 atom stereocenters. The Hall–Kier alpha value is -1.43. The van der Waals surface area contributed by atoms with Crippen LogP contribution in [0.1, 0.15) is 41.9 Å². The summed E-state index contributed by atoms with van der Waals surface area (Å²) in [6.07, 6.45) is 1.74.